The number of thiophene rings is 1. The Bertz CT molecular complexity index is 1120. The normalized spacial score (nSPS) is 14.7. The second-order valence-electron chi connectivity index (χ2n) is 6.90. The molecule has 1 saturated heterocycles. The van der Waals surface area contributed by atoms with Gasteiger partial charge in [-0.3, -0.25) is 9.59 Å². The zero-order chi connectivity index (χ0) is 22.2. The van der Waals surface area contributed by atoms with Crippen LogP contribution in [0.15, 0.2) is 41.8 Å². The minimum absolute atomic E-state index is 0.0241. The van der Waals surface area contributed by atoms with Crippen LogP contribution in [-0.2, 0) is 11.0 Å². The molecule has 31 heavy (non-hydrogen) atoms. The van der Waals surface area contributed by atoms with Crippen molar-refractivity contribution in [2.24, 2.45) is 0 Å². The lowest BCUT2D eigenvalue weighted by Crippen LogP contribution is -2.48. The van der Waals surface area contributed by atoms with E-state index in [9.17, 15) is 22.8 Å². The summed E-state index contributed by atoms with van der Waals surface area (Å²) in [6.45, 7) is 1.42. The minimum Gasteiger partial charge on any atom is -0.342 e. The van der Waals surface area contributed by atoms with Crippen LogP contribution >= 0.6 is 22.9 Å². The van der Waals surface area contributed by atoms with Crippen LogP contribution in [0.2, 0.25) is 5.02 Å². The quantitative estimate of drug-likeness (QED) is 0.540. The van der Waals surface area contributed by atoms with Crippen molar-refractivity contribution in [1.29, 1.82) is 0 Å². The summed E-state index contributed by atoms with van der Waals surface area (Å²) in [6.07, 6.45) is -3.82. The van der Waals surface area contributed by atoms with Crippen molar-refractivity contribution in [3.8, 4) is 16.3 Å². The molecule has 11 heteroatoms. The van der Waals surface area contributed by atoms with Gasteiger partial charge in [-0.2, -0.15) is 18.3 Å². The van der Waals surface area contributed by atoms with Crippen molar-refractivity contribution in [1.82, 2.24) is 19.6 Å². The Morgan fingerprint density at radius 3 is 2.52 bits per heavy atom. The third kappa shape index (κ3) is 4.31. The molecule has 2 amide bonds. The third-order valence-corrected chi connectivity index (χ3v) is 6.11. The third-order valence-electron chi connectivity index (χ3n) is 4.94. The Balaban J connectivity index is 1.78. The number of amides is 2. The molecule has 1 fully saturated rings. The highest BCUT2D eigenvalue weighted by molar-refractivity contribution is 7.13. The number of carbonyl (C=O) groups excluding carboxylic acids is 2. The predicted octanol–water partition coefficient (Wildman–Crippen LogP) is 4.19. The van der Waals surface area contributed by atoms with E-state index in [4.69, 9.17) is 11.6 Å². The van der Waals surface area contributed by atoms with Gasteiger partial charge in [0.1, 0.15) is 0 Å². The van der Waals surface area contributed by atoms with Crippen molar-refractivity contribution >= 4 is 35.3 Å². The molecule has 0 N–H and O–H groups in total. The molecule has 1 aliphatic heterocycles. The summed E-state index contributed by atoms with van der Waals surface area (Å²) in [5.74, 6) is -0.405. The lowest BCUT2D eigenvalue weighted by molar-refractivity contribution is -0.136. The fourth-order valence-corrected chi connectivity index (χ4v) is 4.48. The first-order valence-corrected chi connectivity index (χ1v) is 10.5. The molecule has 0 bridgehead atoms. The molecule has 3 aromatic rings. The Labute approximate surface area is 184 Å². The second-order valence-corrected chi connectivity index (χ2v) is 8.25. The van der Waals surface area contributed by atoms with E-state index >= 15 is 0 Å². The molecule has 0 spiro atoms. The first-order valence-electron chi connectivity index (χ1n) is 9.27. The molecule has 3 heterocycles. The average molecular weight is 469 g/mol. The van der Waals surface area contributed by atoms with Gasteiger partial charge >= 0.3 is 6.18 Å². The molecule has 0 atom stereocenters. The highest BCUT2D eigenvalue weighted by Crippen LogP contribution is 2.41. The van der Waals surface area contributed by atoms with Gasteiger partial charge in [-0.25, -0.2) is 4.68 Å². The standard InChI is InChI=1S/C20H16ClF3N4O2S/c21-13-2-1-3-14(10-13)28-17(18-15(4-9-31-18)20(22,23)24)11-16(25-28)19(30)27-7-5-26(12-29)6-8-27/h1-4,9-12H,5-8H2. The molecule has 4 rings (SSSR count). The van der Waals surface area contributed by atoms with E-state index in [-0.39, 0.29) is 16.3 Å². The van der Waals surface area contributed by atoms with Gasteiger partial charge in [0.05, 0.1) is 21.8 Å². The first-order chi connectivity index (χ1) is 14.8. The van der Waals surface area contributed by atoms with Crippen LogP contribution in [0.25, 0.3) is 16.3 Å². The summed E-state index contributed by atoms with van der Waals surface area (Å²) in [5.41, 5.74) is -0.177. The summed E-state index contributed by atoms with van der Waals surface area (Å²) in [6, 6.07) is 8.89. The van der Waals surface area contributed by atoms with E-state index < -0.39 is 17.6 Å². The minimum atomic E-state index is -4.55. The maximum atomic E-state index is 13.5. The molecular weight excluding hydrogens is 453 g/mol. The van der Waals surface area contributed by atoms with Gasteiger partial charge in [0.15, 0.2) is 5.69 Å². The molecule has 2 aromatic heterocycles. The molecule has 6 nitrogen and oxygen atoms in total. The van der Waals surface area contributed by atoms with Crippen LogP contribution in [0.3, 0.4) is 0 Å². The molecule has 0 unspecified atom stereocenters. The lowest BCUT2D eigenvalue weighted by atomic mass is 10.2. The lowest BCUT2D eigenvalue weighted by Gasteiger charge is -2.32. The summed E-state index contributed by atoms with van der Waals surface area (Å²) < 4.78 is 41.9. The smallest absolute Gasteiger partial charge is 0.342 e. The molecular formula is C20H16ClF3N4O2S. The Kier molecular flexibility index (Phi) is 5.76. The number of hydrogen-bond acceptors (Lipinski definition) is 4. The Hall–Kier alpha value is -2.85. The number of halogens is 4. The van der Waals surface area contributed by atoms with Crippen LogP contribution in [0.4, 0.5) is 13.2 Å². The van der Waals surface area contributed by atoms with E-state index in [0.29, 0.717) is 36.9 Å². The summed E-state index contributed by atoms with van der Waals surface area (Å²) >= 11 is 6.99. The van der Waals surface area contributed by atoms with E-state index in [2.05, 4.69) is 5.10 Å². The highest BCUT2D eigenvalue weighted by Gasteiger charge is 2.36. The first kappa shape index (κ1) is 21.4. The van der Waals surface area contributed by atoms with Gasteiger partial charge in [0.25, 0.3) is 5.91 Å². The van der Waals surface area contributed by atoms with Crippen molar-refractivity contribution in [3.63, 3.8) is 0 Å². The van der Waals surface area contributed by atoms with Crippen LogP contribution in [0.1, 0.15) is 16.1 Å². The number of benzene rings is 1. The molecule has 162 valence electrons. The zero-order valence-corrected chi connectivity index (χ0v) is 17.5. The number of aromatic nitrogens is 2. The fourth-order valence-electron chi connectivity index (χ4n) is 3.38. The van der Waals surface area contributed by atoms with Crippen LogP contribution < -0.4 is 0 Å². The second kappa shape index (κ2) is 8.35. The monoisotopic (exact) mass is 468 g/mol. The van der Waals surface area contributed by atoms with Crippen LogP contribution in [0.5, 0.6) is 0 Å². The van der Waals surface area contributed by atoms with E-state index in [0.717, 1.165) is 23.8 Å². The van der Waals surface area contributed by atoms with Gasteiger partial charge < -0.3 is 9.80 Å². The van der Waals surface area contributed by atoms with Crippen molar-refractivity contribution < 1.29 is 22.8 Å². The van der Waals surface area contributed by atoms with E-state index in [1.807, 2.05) is 0 Å². The highest BCUT2D eigenvalue weighted by atomic mass is 35.5. The summed E-state index contributed by atoms with van der Waals surface area (Å²) in [4.78, 5) is 27.0. The van der Waals surface area contributed by atoms with E-state index in [1.54, 1.807) is 29.2 Å². The maximum absolute atomic E-state index is 13.5. The van der Waals surface area contributed by atoms with Crippen molar-refractivity contribution in [2.75, 3.05) is 26.2 Å². The molecule has 0 radical (unpaired) electrons. The van der Waals surface area contributed by atoms with Gasteiger partial charge in [-0.1, -0.05) is 17.7 Å². The number of carbonyl (C=O) groups is 2. The Morgan fingerprint density at radius 2 is 1.87 bits per heavy atom. The van der Waals surface area contributed by atoms with Crippen LogP contribution in [-0.4, -0.2) is 58.1 Å². The van der Waals surface area contributed by atoms with Gasteiger partial charge in [0.2, 0.25) is 6.41 Å². The fraction of sp³-hybridized carbons (Fsp3) is 0.250. The summed E-state index contributed by atoms with van der Waals surface area (Å²) in [7, 11) is 0. The number of rotatable bonds is 4. The topological polar surface area (TPSA) is 58.4 Å². The number of piperazine rings is 1. The number of hydrogen-bond donors (Lipinski definition) is 0. The van der Waals surface area contributed by atoms with Gasteiger partial charge in [0, 0.05) is 31.2 Å². The van der Waals surface area contributed by atoms with Crippen LogP contribution in [0, 0.1) is 0 Å². The number of nitrogens with zero attached hydrogens (tertiary/aromatic N) is 4. The Morgan fingerprint density at radius 1 is 1.13 bits per heavy atom. The number of alkyl halides is 3. The van der Waals surface area contributed by atoms with Crippen molar-refractivity contribution in [3.05, 3.63) is 58.1 Å². The maximum Gasteiger partial charge on any atom is 0.417 e. The van der Waals surface area contributed by atoms with Gasteiger partial charge in [-0.15, -0.1) is 11.3 Å². The zero-order valence-electron chi connectivity index (χ0n) is 16.0. The van der Waals surface area contributed by atoms with Gasteiger partial charge in [-0.05, 0) is 35.7 Å². The predicted molar refractivity (Wildman–Crippen MR) is 110 cm³/mol. The van der Waals surface area contributed by atoms with Crippen molar-refractivity contribution in [2.45, 2.75) is 6.18 Å². The van der Waals surface area contributed by atoms with E-state index in [1.165, 1.54) is 21.0 Å². The molecule has 0 saturated carbocycles. The summed E-state index contributed by atoms with van der Waals surface area (Å²) in [5, 5.41) is 6.08. The molecule has 0 aliphatic carbocycles. The largest absolute Gasteiger partial charge is 0.417 e. The average Bonchev–Trinajstić information content (AvgIpc) is 3.40. The molecule has 1 aromatic carbocycles. The SMILES string of the molecule is O=CN1CCN(C(=O)c2cc(-c3sccc3C(F)(F)F)n(-c3cccc(Cl)c3)n2)CC1. The molecule has 1 aliphatic rings.